The Hall–Kier alpha value is -3.61. The number of aromatic nitrogens is 4. The maximum atomic E-state index is 13.6. The van der Waals surface area contributed by atoms with Gasteiger partial charge in [0.15, 0.2) is 5.82 Å². The molecule has 10 nitrogen and oxygen atoms in total. The van der Waals surface area contributed by atoms with Crippen LogP contribution in [0.2, 0.25) is 0 Å². The van der Waals surface area contributed by atoms with Crippen LogP contribution in [0.4, 0.5) is 26.2 Å². The van der Waals surface area contributed by atoms with Gasteiger partial charge in [-0.25, -0.2) is 13.5 Å². The third-order valence-electron chi connectivity index (χ3n) is 7.75. The lowest BCUT2D eigenvalue weighted by atomic mass is 9.89. The molecule has 0 radical (unpaired) electrons. The fourth-order valence-corrected chi connectivity index (χ4v) is 5.43. The Labute approximate surface area is 232 Å². The number of aliphatic hydroxyl groups excluding tert-OH is 1. The van der Waals surface area contributed by atoms with E-state index in [-0.39, 0.29) is 11.9 Å². The second-order valence-corrected chi connectivity index (χ2v) is 11.1. The molecule has 2 aliphatic heterocycles. The summed E-state index contributed by atoms with van der Waals surface area (Å²) in [5, 5.41) is 25.4. The summed E-state index contributed by atoms with van der Waals surface area (Å²) < 4.78 is 28.9. The van der Waals surface area contributed by atoms with Crippen LogP contribution in [-0.2, 0) is 0 Å². The monoisotopic (exact) mass is 554 g/mol. The zero-order chi connectivity index (χ0) is 28.6. The third kappa shape index (κ3) is 6.08. The average Bonchev–Trinajstić information content (AvgIpc) is 3.46. The summed E-state index contributed by atoms with van der Waals surface area (Å²) in [6.07, 6.45) is 5.18. The minimum atomic E-state index is -1.02. The number of benzene rings is 1. The van der Waals surface area contributed by atoms with Crippen LogP contribution in [0.15, 0.2) is 36.5 Å². The van der Waals surface area contributed by atoms with E-state index in [1.165, 1.54) is 12.1 Å². The number of piperazine rings is 1. The summed E-state index contributed by atoms with van der Waals surface area (Å²) in [7, 11) is 0. The highest BCUT2D eigenvalue weighted by molar-refractivity contribution is 5.54. The van der Waals surface area contributed by atoms with Gasteiger partial charge in [-0.2, -0.15) is 15.1 Å². The molecular formula is C28H36F2N8O2. The van der Waals surface area contributed by atoms with Crippen molar-refractivity contribution >= 4 is 23.5 Å². The maximum absolute atomic E-state index is 13.6. The topological polar surface area (TPSA) is 120 Å². The fraction of sp³-hybridized carbons (Fsp3) is 0.464. The van der Waals surface area contributed by atoms with Crippen molar-refractivity contribution < 1.29 is 19.0 Å². The molecule has 0 aliphatic carbocycles. The normalized spacial score (nSPS) is 20.7. The first-order valence-electron chi connectivity index (χ1n) is 13.4. The van der Waals surface area contributed by atoms with E-state index in [0.29, 0.717) is 43.5 Å². The summed E-state index contributed by atoms with van der Waals surface area (Å²) in [4.78, 5) is 14.9. The molecule has 0 amide bonds. The van der Waals surface area contributed by atoms with Crippen molar-refractivity contribution in [2.24, 2.45) is 5.92 Å². The molecule has 214 valence electrons. The van der Waals surface area contributed by atoms with Crippen molar-refractivity contribution in [3.8, 4) is 5.82 Å². The van der Waals surface area contributed by atoms with E-state index in [9.17, 15) is 19.0 Å². The van der Waals surface area contributed by atoms with Crippen molar-refractivity contribution in [2.75, 3.05) is 61.3 Å². The lowest BCUT2D eigenvalue weighted by Crippen LogP contribution is -2.46. The van der Waals surface area contributed by atoms with Gasteiger partial charge < -0.3 is 25.7 Å². The molecule has 5 rings (SSSR count). The van der Waals surface area contributed by atoms with Crippen LogP contribution < -0.4 is 15.5 Å². The van der Waals surface area contributed by atoms with Crippen molar-refractivity contribution in [1.82, 2.24) is 24.6 Å². The lowest BCUT2D eigenvalue weighted by molar-refractivity contribution is -0.0229. The summed E-state index contributed by atoms with van der Waals surface area (Å²) in [6, 6.07) is 5.41. The van der Waals surface area contributed by atoms with Crippen LogP contribution in [0.3, 0.4) is 0 Å². The summed E-state index contributed by atoms with van der Waals surface area (Å²) in [5.74, 6) is -0.257. The quantitative estimate of drug-likeness (QED) is 0.404. The van der Waals surface area contributed by atoms with Crippen LogP contribution in [0.1, 0.15) is 25.1 Å². The van der Waals surface area contributed by atoms with Gasteiger partial charge >= 0.3 is 0 Å². The number of halogens is 2. The highest BCUT2D eigenvalue weighted by Gasteiger charge is 2.41. The van der Waals surface area contributed by atoms with Gasteiger partial charge in [-0.3, -0.25) is 4.90 Å². The van der Waals surface area contributed by atoms with Crippen LogP contribution in [0.25, 0.3) is 11.9 Å². The van der Waals surface area contributed by atoms with Crippen molar-refractivity contribution in [3.05, 3.63) is 59.4 Å². The van der Waals surface area contributed by atoms with E-state index in [0.717, 1.165) is 37.0 Å². The molecule has 0 spiro atoms. The zero-order valence-corrected chi connectivity index (χ0v) is 23.0. The molecule has 2 atom stereocenters. The molecular weight excluding hydrogens is 518 g/mol. The first kappa shape index (κ1) is 27.9. The molecule has 12 heteroatoms. The minimum absolute atomic E-state index is 0.0980. The highest BCUT2D eigenvalue weighted by atomic mass is 19.1. The predicted molar refractivity (Wildman–Crippen MR) is 150 cm³/mol. The Bertz CT molecular complexity index is 1360. The molecule has 2 saturated heterocycles. The van der Waals surface area contributed by atoms with E-state index < -0.39 is 23.3 Å². The standard InChI is InChI=1S/C28H36F2N8O2/c1-18-19(5-4-6-35-7-9-36(10-8-35)22-12-20(29)11-21(30)13-22)15-32-38(18)26-14-25(33-27(31)34-26)37-16-23(24(39)17-37)28(2,3)40/h4-5,11-15,23-24,39-40H,6-10,16-17H2,1-3H3,(H2,31,33,34)/t23-,24-/m0/s1. The number of nitrogens with zero attached hydrogens (tertiary/aromatic N) is 7. The van der Waals surface area contributed by atoms with Gasteiger partial charge in [0.05, 0.1) is 23.6 Å². The van der Waals surface area contributed by atoms with Crippen molar-refractivity contribution in [3.63, 3.8) is 0 Å². The van der Waals surface area contributed by atoms with Crippen molar-refractivity contribution in [1.29, 1.82) is 0 Å². The molecule has 0 unspecified atom stereocenters. The molecule has 2 aliphatic rings. The summed E-state index contributed by atoms with van der Waals surface area (Å²) in [6.45, 7) is 9.80. The van der Waals surface area contributed by atoms with Gasteiger partial charge in [-0.15, -0.1) is 0 Å². The first-order valence-corrected chi connectivity index (χ1v) is 13.4. The number of rotatable bonds is 7. The molecule has 2 aromatic heterocycles. The molecule has 2 fully saturated rings. The third-order valence-corrected chi connectivity index (χ3v) is 7.75. The van der Waals surface area contributed by atoms with Gasteiger partial charge in [0.1, 0.15) is 17.5 Å². The van der Waals surface area contributed by atoms with Gasteiger partial charge in [-0.1, -0.05) is 12.2 Å². The summed E-state index contributed by atoms with van der Waals surface area (Å²) in [5.41, 5.74) is 7.41. The Morgan fingerprint density at radius 3 is 2.33 bits per heavy atom. The lowest BCUT2D eigenvalue weighted by Gasteiger charge is -2.35. The average molecular weight is 555 g/mol. The molecule has 3 aromatic rings. The van der Waals surface area contributed by atoms with E-state index in [1.54, 1.807) is 30.8 Å². The second kappa shape index (κ2) is 11.1. The SMILES string of the molecule is Cc1c(C=CCN2CCN(c3cc(F)cc(F)c3)CC2)cnn1-c1cc(N2C[C@H](O)[C@@H](C(C)(C)O)C2)nc(N)n1. The molecule has 0 saturated carbocycles. The van der Waals surface area contributed by atoms with Gasteiger partial charge in [-0.05, 0) is 32.9 Å². The van der Waals surface area contributed by atoms with Crippen LogP contribution >= 0.6 is 0 Å². The molecule has 40 heavy (non-hydrogen) atoms. The van der Waals surface area contributed by atoms with E-state index in [4.69, 9.17) is 5.73 Å². The number of β-amino-alcohol motifs (C(OH)–C–C–N with tert-alkyl or cyclic N) is 1. The van der Waals surface area contributed by atoms with E-state index >= 15 is 0 Å². The zero-order valence-electron chi connectivity index (χ0n) is 23.0. The van der Waals surface area contributed by atoms with Crippen LogP contribution in [-0.4, -0.2) is 92.4 Å². The Morgan fingerprint density at radius 1 is 1.00 bits per heavy atom. The van der Waals surface area contributed by atoms with E-state index in [1.807, 2.05) is 22.8 Å². The number of hydrogen-bond acceptors (Lipinski definition) is 9. The van der Waals surface area contributed by atoms with Crippen molar-refractivity contribution in [2.45, 2.75) is 32.5 Å². The largest absolute Gasteiger partial charge is 0.391 e. The number of nitrogens with two attached hydrogens (primary N) is 1. The smallest absolute Gasteiger partial charge is 0.224 e. The number of aliphatic hydroxyl groups is 2. The van der Waals surface area contributed by atoms with Gasteiger partial charge in [0.2, 0.25) is 5.95 Å². The molecule has 4 heterocycles. The Morgan fingerprint density at radius 2 is 1.68 bits per heavy atom. The van der Waals surface area contributed by atoms with Crippen LogP contribution in [0, 0.1) is 24.5 Å². The Balaban J connectivity index is 1.22. The minimum Gasteiger partial charge on any atom is -0.391 e. The highest BCUT2D eigenvalue weighted by Crippen LogP contribution is 2.31. The first-order chi connectivity index (χ1) is 19.0. The maximum Gasteiger partial charge on any atom is 0.224 e. The fourth-order valence-electron chi connectivity index (χ4n) is 5.43. The van der Waals surface area contributed by atoms with E-state index in [2.05, 4.69) is 26.0 Å². The number of nitrogen functional groups attached to an aromatic ring is 1. The number of hydrogen-bond donors (Lipinski definition) is 3. The predicted octanol–water partition coefficient (Wildman–Crippen LogP) is 2.23. The van der Waals surface area contributed by atoms with Gasteiger partial charge in [0.25, 0.3) is 0 Å². The molecule has 0 bridgehead atoms. The second-order valence-electron chi connectivity index (χ2n) is 11.1. The summed E-state index contributed by atoms with van der Waals surface area (Å²) >= 11 is 0. The Kier molecular flexibility index (Phi) is 7.76. The number of anilines is 3. The van der Waals surface area contributed by atoms with Crippen LogP contribution in [0.5, 0.6) is 0 Å². The molecule has 4 N–H and O–H groups in total. The van der Waals surface area contributed by atoms with Gasteiger partial charge in [0, 0.05) is 75.1 Å². The molecule has 1 aromatic carbocycles.